The molecule has 0 saturated carbocycles. The minimum atomic E-state index is 1.09. The molecule has 254 valence electrons. The topological polar surface area (TPSA) is 7.65 Å². The van der Waals surface area contributed by atoms with Gasteiger partial charge in [-0.2, -0.15) is 0 Å². The van der Waals surface area contributed by atoms with Gasteiger partial charge in [-0.1, -0.05) is 164 Å². The van der Waals surface area contributed by atoms with Crippen LogP contribution >= 0.6 is 0 Å². The van der Waals surface area contributed by atoms with Gasteiger partial charge in [-0.3, -0.25) is 0 Å². The zero-order valence-corrected chi connectivity index (χ0v) is 29.7. The third-order valence-corrected chi connectivity index (χ3v) is 10.5. The monoisotopic (exact) mass is 688 g/mol. The van der Waals surface area contributed by atoms with Crippen molar-refractivity contribution in [3.63, 3.8) is 0 Å². The van der Waals surface area contributed by atoms with E-state index in [9.17, 15) is 0 Å². The second-order valence-electron chi connectivity index (χ2n) is 13.8. The lowest BCUT2D eigenvalue weighted by Gasteiger charge is -2.27. The van der Waals surface area contributed by atoms with E-state index in [-0.39, 0.29) is 0 Å². The zero-order chi connectivity index (χ0) is 35.8. The molecule has 0 saturated heterocycles. The van der Waals surface area contributed by atoms with E-state index in [4.69, 9.17) is 0 Å². The SMILES string of the molecule is c1ccc(-c2cc(-c3ccccc3)cc(N(c3ccccc3)c3ccc(-c4cccc5c(-c6ccccc6)c6c7ccccc7ccn6c45)cc3)c2)cc1. The van der Waals surface area contributed by atoms with Gasteiger partial charge in [0, 0.05) is 45.2 Å². The molecule has 0 fully saturated rings. The second-order valence-corrected chi connectivity index (χ2v) is 13.8. The fraction of sp³-hybridized carbons (Fsp3) is 0. The number of benzene rings is 8. The first-order chi connectivity index (χ1) is 26.8. The maximum atomic E-state index is 2.40. The summed E-state index contributed by atoms with van der Waals surface area (Å²) in [4.78, 5) is 2.37. The van der Waals surface area contributed by atoms with E-state index in [2.05, 4.69) is 228 Å². The molecule has 0 aliphatic rings. The lowest BCUT2D eigenvalue weighted by molar-refractivity contribution is 1.27. The van der Waals surface area contributed by atoms with Gasteiger partial charge in [0.15, 0.2) is 0 Å². The van der Waals surface area contributed by atoms with Crippen molar-refractivity contribution in [1.82, 2.24) is 4.40 Å². The Hall–Kier alpha value is -7.16. The van der Waals surface area contributed by atoms with Crippen molar-refractivity contribution < 1.29 is 0 Å². The van der Waals surface area contributed by atoms with Crippen LogP contribution in [0.25, 0.3) is 71.7 Å². The fourth-order valence-electron chi connectivity index (χ4n) is 8.07. The Morgan fingerprint density at radius 2 is 0.852 bits per heavy atom. The summed E-state index contributed by atoms with van der Waals surface area (Å²) in [6.07, 6.45) is 2.24. The van der Waals surface area contributed by atoms with Crippen LogP contribution in [0.4, 0.5) is 17.1 Å². The summed E-state index contributed by atoms with van der Waals surface area (Å²) in [7, 11) is 0. The van der Waals surface area contributed by atoms with Gasteiger partial charge in [0.25, 0.3) is 0 Å². The number of nitrogens with zero attached hydrogens (tertiary/aromatic N) is 2. The Morgan fingerprint density at radius 3 is 1.50 bits per heavy atom. The Bertz CT molecular complexity index is 2840. The Kier molecular flexibility index (Phi) is 7.85. The molecule has 0 N–H and O–H groups in total. The second kappa shape index (κ2) is 13.4. The van der Waals surface area contributed by atoms with E-state index >= 15 is 0 Å². The molecule has 54 heavy (non-hydrogen) atoms. The molecule has 0 amide bonds. The number of aromatic nitrogens is 1. The predicted octanol–water partition coefficient (Wildman–Crippen LogP) is 14.4. The Morgan fingerprint density at radius 1 is 0.315 bits per heavy atom. The van der Waals surface area contributed by atoms with Gasteiger partial charge in [-0.05, 0) is 87.3 Å². The van der Waals surface area contributed by atoms with Crippen LogP contribution in [-0.4, -0.2) is 4.40 Å². The molecule has 0 spiro atoms. The molecule has 10 aromatic rings. The number of hydrogen-bond acceptors (Lipinski definition) is 1. The average Bonchev–Trinajstić information content (AvgIpc) is 3.61. The maximum Gasteiger partial charge on any atom is 0.0619 e. The first-order valence-corrected chi connectivity index (χ1v) is 18.5. The van der Waals surface area contributed by atoms with Gasteiger partial charge in [0.1, 0.15) is 0 Å². The van der Waals surface area contributed by atoms with Gasteiger partial charge < -0.3 is 9.30 Å². The number of fused-ring (bicyclic) bond motifs is 5. The van der Waals surface area contributed by atoms with Gasteiger partial charge in [-0.15, -0.1) is 0 Å². The van der Waals surface area contributed by atoms with Gasteiger partial charge in [-0.25, -0.2) is 0 Å². The minimum absolute atomic E-state index is 1.09. The molecule has 10 rings (SSSR count). The van der Waals surface area contributed by atoms with Crippen LogP contribution in [0.5, 0.6) is 0 Å². The normalized spacial score (nSPS) is 11.3. The summed E-state index contributed by atoms with van der Waals surface area (Å²) in [6, 6.07) is 76.6. The standard InChI is InChI=1S/C52H36N2/c1-5-16-37(17-6-1)42-34-43(38-18-7-2-8-19-38)36-46(35-42)54(44-23-11-4-12-24-44)45-30-28-40(29-31-45)47-26-15-27-49-50(41-21-9-3-10-22-41)52-48-25-14-13-20-39(48)32-33-53(52)51(47)49/h1-36H. The molecular formula is C52H36N2. The minimum Gasteiger partial charge on any atom is -0.315 e. The number of para-hydroxylation sites is 2. The third kappa shape index (κ3) is 5.53. The van der Waals surface area contributed by atoms with Gasteiger partial charge in [0.2, 0.25) is 0 Å². The number of hydrogen-bond donors (Lipinski definition) is 0. The maximum absolute atomic E-state index is 2.40. The van der Waals surface area contributed by atoms with Crippen molar-refractivity contribution in [2.75, 3.05) is 4.90 Å². The third-order valence-electron chi connectivity index (χ3n) is 10.5. The van der Waals surface area contributed by atoms with Crippen LogP contribution in [0.15, 0.2) is 219 Å². The van der Waals surface area contributed by atoms with Crippen molar-refractivity contribution in [3.8, 4) is 44.5 Å². The highest BCUT2D eigenvalue weighted by atomic mass is 15.1. The molecule has 2 heterocycles. The van der Waals surface area contributed by atoms with Crippen molar-refractivity contribution in [1.29, 1.82) is 0 Å². The Labute approximate surface area is 315 Å². The van der Waals surface area contributed by atoms with Crippen molar-refractivity contribution >= 4 is 44.3 Å². The summed E-state index contributed by atoms with van der Waals surface area (Å²) in [5.41, 5.74) is 15.4. The molecule has 0 unspecified atom stereocenters. The van der Waals surface area contributed by atoms with E-state index in [0.717, 1.165) is 17.1 Å². The fourth-order valence-corrected chi connectivity index (χ4v) is 8.07. The molecule has 8 aromatic carbocycles. The predicted molar refractivity (Wildman–Crippen MR) is 229 cm³/mol. The molecule has 0 radical (unpaired) electrons. The lowest BCUT2D eigenvalue weighted by atomic mass is 9.96. The molecule has 0 aliphatic heterocycles. The van der Waals surface area contributed by atoms with Crippen molar-refractivity contribution in [3.05, 3.63) is 219 Å². The van der Waals surface area contributed by atoms with Crippen molar-refractivity contribution in [2.24, 2.45) is 0 Å². The smallest absolute Gasteiger partial charge is 0.0619 e. The van der Waals surface area contributed by atoms with E-state index in [1.165, 1.54) is 71.7 Å². The van der Waals surface area contributed by atoms with E-state index in [1.54, 1.807) is 0 Å². The first kappa shape index (κ1) is 31.6. The molecule has 2 aromatic heterocycles. The summed E-state index contributed by atoms with van der Waals surface area (Å²) >= 11 is 0. The van der Waals surface area contributed by atoms with E-state index in [1.807, 2.05) is 0 Å². The van der Waals surface area contributed by atoms with Crippen LogP contribution < -0.4 is 4.90 Å². The largest absolute Gasteiger partial charge is 0.315 e. The Balaban J connectivity index is 1.15. The van der Waals surface area contributed by atoms with Crippen LogP contribution in [0, 0.1) is 0 Å². The van der Waals surface area contributed by atoms with Crippen LogP contribution in [0.2, 0.25) is 0 Å². The number of rotatable bonds is 7. The van der Waals surface area contributed by atoms with Gasteiger partial charge in [0.05, 0.1) is 11.0 Å². The lowest BCUT2D eigenvalue weighted by Crippen LogP contribution is -2.10. The molecular weight excluding hydrogens is 653 g/mol. The van der Waals surface area contributed by atoms with E-state index < -0.39 is 0 Å². The van der Waals surface area contributed by atoms with Crippen molar-refractivity contribution in [2.45, 2.75) is 0 Å². The summed E-state index contributed by atoms with van der Waals surface area (Å²) in [6.45, 7) is 0. The summed E-state index contributed by atoms with van der Waals surface area (Å²) in [5.74, 6) is 0. The molecule has 0 aliphatic carbocycles. The summed E-state index contributed by atoms with van der Waals surface area (Å²) < 4.78 is 2.40. The average molecular weight is 689 g/mol. The molecule has 2 heteroatoms. The number of anilines is 3. The first-order valence-electron chi connectivity index (χ1n) is 18.5. The van der Waals surface area contributed by atoms with E-state index in [0.29, 0.717) is 0 Å². The molecule has 0 atom stereocenters. The molecule has 2 nitrogen and oxygen atoms in total. The molecule has 0 bridgehead atoms. The van der Waals surface area contributed by atoms with Crippen LogP contribution in [0.3, 0.4) is 0 Å². The highest BCUT2D eigenvalue weighted by molar-refractivity contribution is 6.17. The van der Waals surface area contributed by atoms with Gasteiger partial charge >= 0.3 is 0 Å². The number of pyridine rings is 1. The quantitative estimate of drug-likeness (QED) is 0.162. The highest BCUT2D eigenvalue weighted by Gasteiger charge is 2.20. The van der Waals surface area contributed by atoms with Crippen LogP contribution in [0.1, 0.15) is 0 Å². The van der Waals surface area contributed by atoms with Crippen LogP contribution in [-0.2, 0) is 0 Å². The zero-order valence-electron chi connectivity index (χ0n) is 29.7. The summed E-state index contributed by atoms with van der Waals surface area (Å²) in [5, 5.41) is 3.74. The highest BCUT2D eigenvalue weighted by Crippen LogP contribution is 2.44.